The van der Waals surface area contributed by atoms with Crippen molar-refractivity contribution in [3.05, 3.63) is 0 Å². The zero-order valence-electron chi connectivity index (χ0n) is 10.6. The number of carbonyl (C=O) groups is 2. The van der Waals surface area contributed by atoms with E-state index in [2.05, 4.69) is 15.9 Å². The molecule has 0 fully saturated rings. The Labute approximate surface area is 128 Å². The Bertz CT molecular complexity index is 216. The topological polar surface area (TPSA) is 74.6 Å². The summed E-state index contributed by atoms with van der Waals surface area (Å²) in [5, 5.41) is 17.0. The van der Waals surface area contributed by atoms with Crippen LogP contribution in [-0.4, -0.2) is 27.0 Å². The minimum atomic E-state index is -0.819. The molecule has 16 heavy (non-hydrogen) atoms. The van der Waals surface area contributed by atoms with E-state index in [9.17, 15) is 9.59 Å². The molecule has 1 unspecified atom stereocenters. The fraction of sp³-hybridized carbons (Fsp3) is 0.800. The first kappa shape index (κ1) is 18.8. The molecule has 0 amide bonds. The van der Waals surface area contributed by atoms with Crippen LogP contribution in [0.25, 0.3) is 0 Å². The van der Waals surface area contributed by atoms with E-state index in [1.807, 2.05) is 0 Å². The molecule has 0 heterocycles. The van der Waals surface area contributed by atoms with E-state index in [1.165, 1.54) is 0 Å². The second-order valence-electron chi connectivity index (χ2n) is 3.51. The summed E-state index contributed by atoms with van der Waals surface area (Å²) in [7, 11) is 0. The van der Waals surface area contributed by atoms with Crippen LogP contribution in [0.1, 0.15) is 46.4 Å². The number of alkyl halides is 1. The Morgan fingerprint density at radius 1 is 1.06 bits per heavy atom. The maximum Gasteiger partial charge on any atom is 1.00 e. The normalized spacial score (nSPS) is 11.6. The fourth-order valence-corrected chi connectivity index (χ4v) is 1.58. The van der Waals surface area contributed by atoms with Crippen molar-refractivity contribution in [3.63, 3.8) is 0 Å². The standard InChI is InChI=1S/C10H17BrO4.Na.H/c11-8(10(14)15)6-4-2-1-3-5-7-9(12)13;;/h8H,1-7H2,(H,12,13)(H,14,15);;/q;+1;-1. The van der Waals surface area contributed by atoms with Crippen molar-refractivity contribution < 1.29 is 50.8 Å². The number of aliphatic carboxylic acids is 2. The number of hydrogen-bond acceptors (Lipinski definition) is 2. The maximum absolute atomic E-state index is 10.4. The van der Waals surface area contributed by atoms with Crippen LogP contribution in [0.3, 0.4) is 0 Å². The Morgan fingerprint density at radius 3 is 2.06 bits per heavy atom. The number of halogens is 1. The number of rotatable bonds is 9. The van der Waals surface area contributed by atoms with Crippen molar-refractivity contribution in [2.75, 3.05) is 0 Å². The zero-order chi connectivity index (χ0) is 11.7. The third-order valence-electron chi connectivity index (χ3n) is 2.12. The summed E-state index contributed by atoms with van der Waals surface area (Å²) in [6.07, 6.45) is 5.31. The van der Waals surface area contributed by atoms with Gasteiger partial charge in [0.25, 0.3) is 0 Å². The van der Waals surface area contributed by atoms with Crippen molar-refractivity contribution in [1.29, 1.82) is 0 Å². The molecular weight excluding hydrogens is 287 g/mol. The first-order valence-corrected chi connectivity index (χ1v) is 6.04. The van der Waals surface area contributed by atoms with Gasteiger partial charge in [0.1, 0.15) is 4.83 Å². The minimum absolute atomic E-state index is 0. The minimum Gasteiger partial charge on any atom is -1.00 e. The predicted octanol–water partition coefficient (Wildman–Crippen LogP) is -0.234. The van der Waals surface area contributed by atoms with Crippen LogP contribution in [0.15, 0.2) is 0 Å². The molecule has 0 aliphatic heterocycles. The molecular formula is C10H18BrNaO4. The van der Waals surface area contributed by atoms with Crippen LogP contribution in [0.2, 0.25) is 0 Å². The molecule has 0 saturated heterocycles. The molecule has 0 aromatic rings. The van der Waals surface area contributed by atoms with Crippen molar-refractivity contribution in [2.24, 2.45) is 0 Å². The summed E-state index contributed by atoms with van der Waals surface area (Å²) < 4.78 is 0. The third kappa shape index (κ3) is 12.5. The van der Waals surface area contributed by atoms with Gasteiger partial charge in [-0.25, -0.2) is 0 Å². The third-order valence-corrected chi connectivity index (χ3v) is 2.97. The van der Waals surface area contributed by atoms with E-state index < -0.39 is 16.8 Å². The van der Waals surface area contributed by atoms with Crippen molar-refractivity contribution in [1.82, 2.24) is 0 Å². The van der Waals surface area contributed by atoms with Crippen LogP contribution in [0, 0.1) is 0 Å². The fourth-order valence-electron chi connectivity index (χ4n) is 1.25. The average molecular weight is 305 g/mol. The molecule has 0 aliphatic carbocycles. The first-order chi connectivity index (χ1) is 7.04. The summed E-state index contributed by atoms with van der Waals surface area (Å²) in [6, 6.07) is 0. The molecule has 0 aromatic carbocycles. The van der Waals surface area contributed by atoms with Gasteiger partial charge in [-0.2, -0.15) is 0 Å². The van der Waals surface area contributed by atoms with Crippen molar-refractivity contribution in [2.45, 2.75) is 49.8 Å². The van der Waals surface area contributed by atoms with Crippen LogP contribution in [-0.2, 0) is 9.59 Å². The quantitative estimate of drug-likeness (QED) is 0.350. The molecule has 0 saturated carbocycles. The predicted molar refractivity (Wildman–Crippen MR) is 61.4 cm³/mol. The Morgan fingerprint density at radius 2 is 1.56 bits per heavy atom. The Hall–Kier alpha value is 0.420. The van der Waals surface area contributed by atoms with Gasteiger partial charge >= 0.3 is 41.5 Å². The molecule has 1 atom stereocenters. The van der Waals surface area contributed by atoms with E-state index in [1.54, 1.807) is 0 Å². The van der Waals surface area contributed by atoms with Crippen LogP contribution >= 0.6 is 15.9 Å². The van der Waals surface area contributed by atoms with Gasteiger partial charge in [0.2, 0.25) is 0 Å². The van der Waals surface area contributed by atoms with Gasteiger partial charge in [-0.3, -0.25) is 9.59 Å². The van der Waals surface area contributed by atoms with Crippen LogP contribution < -0.4 is 29.6 Å². The molecule has 4 nitrogen and oxygen atoms in total. The molecule has 6 heteroatoms. The van der Waals surface area contributed by atoms with E-state index in [4.69, 9.17) is 10.2 Å². The Balaban J connectivity index is -0.000000980. The van der Waals surface area contributed by atoms with Crippen molar-refractivity contribution in [3.8, 4) is 0 Å². The van der Waals surface area contributed by atoms with E-state index in [0.29, 0.717) is 12.8 Å². The molecule has 0 bridgehead atoms. The Kier molecular flexibility index (Phi) is 14.0. The first-order valence-electron chi connectivity index (χ1n) is 5.12. The molecule has 90 valence electrons. The summed E-state index contributed by atoms with van der Waals surface area (Å²) in [5.41, 5.74) is 0. The average Bonchev–Trinajstić information content (AvgIpc) is 2.15. The van der Waals surface area contributed by atoms with Crippen molar-refractivity contribution >= 4 is 27.9 Å². The molecule has 0 radical (unpaired) electrons. The van der Waals surface area contributed by atoms with Gasteiger partial charge in [0, 0.05) is 6.42 Å². The SMILES string of the molecule is O=C(O)CCCCCCCC(Br)C(=O)O.[H-].[Na+]. The van der Waals surface area contributed by atoms with Gasteiger partial charge in [-0.15, -0.1) is 0 Å². The summed E-state index contributed by atoms with van der Waals surface area (Å²) in [6.45, 7) is 0. The van der Waals surface area contributed by atoms with E-state index in [-0.39, 0.29) is 37.4 Å². The molecule has 2 N–H and O–H groups in total. The zero-order valence-corrected chi connectivity index (χ0v) is 13.2. The van der Waals surface area contributed by atoms with Crippen LogP contribution in [0.5, 0.6) is 0 Å². The van der Waals surface area contributed by atoms with Gasteiger partial charge in [0.05, 0.1) is 0 Å². The second kappa shape index (κ2) is 11.9. The number of unbranched alkanes of at least 4 members (excludes halogenated alkanes) is 4. The monoisotopic (exact) mass is 304 g/mol. The number of carboxylic acids is 2. The molecule has 0 rings (SSSR count). The second-order valence-corrected chi connectivity index (χ2v) is 4.61. The molecule has 0 aromatic heterocycles. The number of carboxylic acid groups (broad SMARTS) is 2. The van der Waals surface area contributed by atoms with Crippen LogP contribution in [0.4, 0.5) is 0 Å². The van der Waals surface area contributed by atoms with Gasteiger partial charge in [0.15, 0.2) is 0 Å². The molecule has 0 spiro atoms. The van der Waals surface area contributed by atoms with E-state index >= 15 is 0 Å². The smallest absolute Gasteiger partial charge is 1.00 e. The van der Waals surface area contributed by atoms with Gasteiger partial charge in [-0.05, 0) is 12.8 Å². The molecule has 0 aliphatic rings. The summed E-state index contributed by atoms with van der Waals surface area (Å²) in [4.78, 5) is 20.2. The number of hydrogen-bond donors (Lipinski definition) is 2. The largest absolute Gasteiger partial charge is 1.00 e. The van der Waals surface area contributed by atoms with Gasteiger partial charge in [-0.1, -0.05) is 41.6 Å². The van der Waals surface area contributed by atoms with E-state index in [0.717, 1.165) is 25.7 Å². The summed E-state index contributed by atoms with van der Waals surface area (Å²) >= 11 is 3.07. The maximum atomic E-state index is 10.4. The summed E-state index contributed by atoms with van der Waals surface area (Å²) in [5.74, 6) is -1.57. The van der Waals surface area contributed by atoms with Gasteiger partial charge < -0.3 is 11.6 Å².